The number of hydrogen-bond acceptors (Lipinski definition) is 4. The normalized spacial score (nSPS) is 12.1. The fourth-order valence-corrected chi connectivity index (χ4v) is 2.15. The molecule has 0 fully saturated rings. The number of anilines is 3. The van der Waals surface area contributed by atoms with Crippen LogP contribution in [0.5, 0.6) is 0 Å². The SMILES string of the molecule is CCCC(C)(C)C(=O)Nc1ccc(NCC(C)(C)O)c(N)c1. The van der Waals surface area contributed by atoms with Gasteiger partial charge in [-0.2, -0.15) is 0 Å². The Hall–Kier alpha value is -1.75. The summed E-state index contributed by atoms with van der Waals surface area (Å²) in [7, 11) is 0. The van der Waals surface area contributed by atoms with Crippen LogP contribution in [0.25, 0.3) is 0 Å². The van der Waals surface area contributed by atoms with E-state index in [2.05, 4.69) is 17.6 Å². The molecule has 1 aromatic rings. The first kappa shape index (κ1) is 18.3. The number of hydrogen-bond donors (Lipinski definition) is 4. The lowest BCUT2D eigenvalue weighted by Gasteiger charge is -2.23. The van der Waals surface area contributed by atoms with Crippen LogP contribution in [0.2, 0.25) is 0 Å². The van der Waals surface area contributed by atoms with Gasteiger partial charge in [0.25, 0.3) is 0 Å². The molecule has 5 nitrogen and oxygen atoms in total. The number of amides is 1. The monoisotopic (exact) mass is 307 g/mol. The van der Waals surface area contributed by atoms with Gasteiger partial charge in [0.2, 0.25) is 5.91 Å². The summed E-state index contributed by atoms with van der Waals surface area (Å²) in [5.74, 6) is -0.00838. The van der Waals surface area contributed by atoms with Gasteiger partial charge in [-0.25, -0.2) is 0 Å². The highest BCUT2D eigenvalue weighted by molar-refractivity contribution is 5.95. The minimum absolute atomic E-state index is 0.00838. The van der Waals surface area contributed by atoms with Gasteiger partial charge in [0.1, 0.15) is 0 Å². The largest absolute Gasteiger partial charge is 0.397 e. The van der Waals surface area contributed by atoms with Crippen molar-refractivity contribution in [3.05, 3.63) is 18.2 Å². The van der Waals surface area contributed by atoms with Crippen LogP contribution in [0.1, 0.15) is 47.5 Å². The van der Waals surface area contributed by atoms with Gasteiger partial charge >= 0.3 is 0 Å². The quantitative estimate of drug-likeness (QED) is 0.582. The zero-order valence-corrected chi connectivity index (χ0v) is 14.3. The van der Waals surface area contributed by atoms with E-state index in [1.807, 2.05) is 26.0 Å². The van der Waals surface area contributed by atoms with Crippen molar-refractivity contribution in [2.45, 2.75) is 53.1 Å². The second-order valence-corrected chi connectivity index (χ2v) is 7.06. The number of rotatable bonds is 7. The van der Waals surface area contributed by atoms with E-state index >= 15 is 0 Å². The molecule has 5 N–H and O–H groups in total. The predicted octanol–water partition coefficient (Wildman–Crippen LogP) is 3.22. The summed E-state index contributed by atoms with van der Waals surface area (Å²) in [5, 5.41) is 15.7. The first-order valence-corrected chi connectivity index (χ1v) is 7.72. The zero-order chi connectivity index (χ0) is 17.0. The van der Waals surface area contributed by atoms with Gasteiger partial charge in [-0.15, -0.1) is 0 Å². The van der Waals surface area contributed by atoms with E-state index in [0.717, 1.165) is 18.5 Å². The fraction of sp³-hybridized carbons (Fsp3) is 0.588. The third-order valence-electron chi connectivity index (χ3n) is 3.51. The zero-order valence-electron chi connectivity index (χ0n) is 14.3. The second-order valence-electron chi connectivity index (χ2n) is 7.06. The molecule has 0 saturated carbocycles. The predicted molar refractivity (Wildman–Crippen MR) is 93.0 cm³/mol. The van der Waals surface area contributed by atoms with Crippen molar-refractivity contribution < 1.29 is 9.90 Å². The summed E-state index contributed by atoms with van der Waals surface area (Å²) >= 11 is 0. The third kappa shape index (κ3) is 5.56. The molecule has 0 bridgehead atoms. The minimum atomic E-state index is -0.816. The molecule has 1 aromatic carbocycles. The Labute approximate surface area is 133 Å². The molecular weight excluding hydrogens is 278 g/mol. The fourth-order valence-electron chi connectivity index (χ4n) is 2.15. The smallest absolute Gasteiger partial charge is 0.230 e. The van der Waals surface area contributed by atoms with Gasteiger partial charge in [0.05, 0.1) is 17.0 Å². The molecule has 0 spiro atoms. The first-order valence-electron chi connectivity index (χ1n) is 7.72. The molecule has 124 valence electrons. The lowest BCUT2D eigenvalue weighted by molar-refractivity contribution is -0.124. The van der Waals surface area contributed by atoms with Crippen LogP contribution in [0.4, 0.5) is 17.1 Å². The molecule has 22 heavy (non-hydrogen) atoms. The highest BCUT2D eigenvalue weighted by Gasteiger charge is 2.26. The maximum Gasteiger partial charge on any atom is 0.230 e. The van der Waals surface area contributed by atoms with E-state index < -0.39 is 11.0 Å². The van der Waals surface area contributed by atoms with Crippen molar-refractivity contribution in [3.63, 3.8) is 0 Å². The molecule has 1 amide bonds. The second kappa shape index (κ2) is 7.01. The summed E-state index contributed by atoms with van der Waals surface area (Å²) < 4.78 is 0. The van der Waals surface area contributed by atoms with Gasteiger partial charge in [-0.1, -0.05) is 27.2 Å². The maximum atomic E-state index is 12.3. The lowest BCUT2D eigenvalue weighted by Crippen LogP contribution is -2.30. The Balaban J connectivity index is 2.75. The molecule has 0 unspecified atom stereocenters. The Morgan fingerprint density at radius 2 is 1.91 bits per heavy atom. The molecule has 0 aliphatic heterocycles. The minimum Gasteiger partial charge on any atom is -0.397 e. The summed E-state index contributed by atoms with van der Waals surface area (Å²) in [6.07, 6.45) is 1.79. The van der Waals surface area contributed by atoms with Crippen LogP contribution < -0.4 is 16.4 Å². The highest BCUT2D eigenvalue weighted by Crippen LogP contribution is 2.27. The van der Waals surface area contributed by atoms with Crippen molar-refractivity contribution in [2.24, 2.45) is 5.41 Å². The molecule has 1 rings (SSSR count). The average molecular weight is 307 g/mol. The molecule has 0 aliphatic carbocycles. The van der Waals surface area contributed by atoms with E-state index in [1.165, 1.54) is 0 Å². The number of carbonyl (C=O) groups is 1. The van der Waals surface area contributed by atoms with Gasteiger partial charge in [0.15, 0.2) is 0 Å². The van der Waals surface area contributed by atoms with E-state index in [9.17, 15) is 9.90 Å². The molecule has 5 heteroatoms. The van der Waals surface area contributed by atoms with Gasteiger partial charge < -0.3 is 21.5 Å². The van der Waals surface area contributed by atoms with Crippen LogP contribution in [-0.4, -0.2) is 23.2 Å². The van der Waals surface area contributed by atoms with E-state index in [0.29, 0.717) is 17.9 Å². The molecule has 0 saturated heterocycles. The average Bonchev–Trinajstić information content (AvgIpc) is 2.36. The molecule has 0 aromatic heterocycles. The summed E-state index contributed by atoms with van der Waals surface area (Å²) in [4.78, 5) is 12.3. The number of nitrogens with two attached hydrogens (primary N) is 1. The lowest BCUT2D eigenvalue weighted by atomic mass is 9.87. The van der Waals surface area contributed by atoms with Gasteiger partial charge in [-0.05, 0) is 38.5 Å². The topological polar surface area (TPSA) is 87.4 Å². The first-order chi connectivity index (χ1) is 10.0. The maximum absolute atomic E-state index is 12.3. The van der Waals surface area contributed by atoms with Crippen molar-refractivity contribution in [2.75, 3.05) is 22.9 Å². The van der Waals surface area contributed by atoms with Crippen molar-refractivity contribution >= 4 is 23.0 Å². The summed E-state index contributed by atoms with van der Waals surface area (Å²) in [6.45, 7) is 9.78. The molecular formula is C17H29N3O2. The van der Waals surface area contributed by atoms with Crippen LogP contribution in [0.15, 0.2) is 18.2 Å². The van der Waals surface area contributed by atoms with Crippen LogP contribution in [0, 0.1) is 5.41 Å². The standard InChI is InChI=1S/C17H29N3O2/c1-6-9-16(2,3)15(21)20-12-7-8-14(13(18)10-12)19-11-17(4,5)22/h7-8,10,19,22H,6,9,11,18H2,1-5H3,(H,20,21). The van der Waals surface area contributed by atoms with Crippen molar-refractivity contribution in [3.8, 4) is 0 Å². The molecule has 0 heterocycles. The Morgan fingerprint density at radius 3 is 2.41 bits per heavy atom. The molecule has 0 atom stereocenters. The number of nitrogen functional groups attached to an aromatic ring is 1. The van der Waals surface area contributed by atoms with E-state index in [-0.39, 0.29) is 5.91 Å². The van der Waals surface area contributed by atoms with Gasteiger partial charge in [-0.3, -0.25) is 4.79 Å². The van der Waals surface area contributed by atoms with Gasteiger partial charge in [0, 0.05) is 17.6 Å². The summed E-state index contributed by atoms with van der Waals surface area (Å²) in [5.41, 5.74) is 6.74. The summed E-state index contributed by atoms with van der Waals surface area (Å²) in [6, 6.07) is 5.35. The van der Waals surface area contributed by atoms with E-state index in [4.69, 9.17) is 5.73 Å². The molecule has 0 radical (unpaired) electrons. The van der Waals surface area contributed by atoms with E-state index in [1.54, 1.807) is 19.9 Å². The van der Waals surface area contributed by atoms with Crippen molar-refractivity contribution in [1.82, 2.24) is 0 Å². The molecule has 0 aliphatic rings. The number of aliphatic hydroxyl groups is 1. The Bertz CT molecular complexity index is 519. The van der Waals surface area contributed by atoms with Crippen molar-refractivity contribution in [1.29, 1.82) is 0 Å². The Kier molecular flexibility index (Phi) is 5.83. The number of nitrogens with one attached hydrogen (secondary N) is 2. The van der Waals surface area contributed by atoms with Crippen LogP contribution in [0.3, 0.4) is 0 Å². The number of carbonyl (C=O) groups excluding carboxylic acids is 1. The number of benzene rings is 1. The Morgan fingerprint density at radius 1 is 1.27 bits per heavy atom. The third-order valence-corrected chi connectivity index (χ3v) is 3.51. The highest BCUT2D eigenvalue weighted by atomic mass is 16.3. The van der Waals surface area contributed by atoms with Crippen LogP contribution >= 0.6 is 0 Å². The van der Waals surface area contributed by atoms with Crippen LogP contribution in [-0.2, 0) is 4.79 Å².